The Kier molecular flexibility index (Phi) is 5.99. The van der Waals surface area contributed by atoms with Crippen molar-refractivity contribution in [2.75, 3.05) is 32.5 Å². The summed E-state index contributed by atoms with van der Waals surface area (Å²) in [6, 6.07) is 1.55. The number of hydrogen-bond donors (Lipinski definition) is 0. The summed E-state index contributed by atoms with van der Waals surface area (Å²) >= 11 is 0. The first-order chi connectivity index (χ1) is 13.0. The summed E-state index contributed by atoms with van der Waals surface area (Å²) < 4.78 is 90.6. The predicted octanol–water partition coefficient (Wildman–Crippen LogP) is 1.51. The lowest BCUT2D eigenvalue weighted by Crippen LogP contribution is -2.40. The van der Waals surface area contributed by atoms with Gasteiger partial charge in [-0.15, -0.1) is 0 Å². The first kappa shape index (κ1) is 21.6. The van der Waals surface area contributed by atoms with Crippen molar-refractivity contribution in [3.63, 3.8) is 0 Å². The molecule has 2 rings (SSSR count). The second kappa shape index (κ2) is 7.75. The van der Waals surface area contributed by atoms with Gasteiger partial charge in [-0.3, -0.25) is 0 Å². The van der Waals surface area contributed by atoms with Crippen molar-refractivity contribution in [1.82, 2.24) is 0 Å². The molecule has 0 saturated heterocycles. The number of anilines is 1. The van der Waals surface area contributed by atoms with Gasteiger partial charge in [0.25, 0.3) is 9.84 Å². The topological polar surface area (TPSA) is 99.2 Å². The van der Waals surface area contributed by atoms with E-state index >= 15 is 0 Å². The van der Waals surface area contributed by atoms with E-state index in [0.29, 0.717) is 17.0 Å². The standard InChI is InChI=1S/C15H13F4NO7S/c1-25-13(21)9-6-27-7-20(12(9)14(22)26-2)10-4-3-8(16)5-11(10)28(23,24)15(17,18)19/h3-5H,6-7H2,1-2H3. The van der Waals surface area contributed by atoms with Crippen LogP contribution >= 0.6 is 0 Å². The van der Waals surface area contributed by atoms with Crippen molar-refractivity contribution in [3.8, 4) is 0 Å². The van der Waals surface area contributed by atoms with E-state index in [1.54, 1.807) is 0 Å². The molecule has 8 nitrogen and oxygen atoms in total. The first-order valence-electron chi connectivity index (χ1n) is 7.31. The highest BCUT2D eigenvalue weighted by molar-refractivity contribution is 7.92. The number of halogens is 4. The molecule has 1 aliphatic heterocycles. The van der Waals surface area contributed by atoms with Crippen LogP contribution in [0.4, 0.5) is 23.2 Å². The zero-order valence-electron chi connectivity index (χ0n) is 14.4. The van der Waals surface area contributed by atoms with Gasteiger partial charge in [-0.05, 0) is 18.2 Å². The quantitative estimate of drug-likeness (QED) is 0.527. The first-order valence-corrected chi connectivity index (χ1v) is 8.80. The Hall–Kier alpha value is -2.67. The predicted molar refractivity (Wildman–Crippen MR) is 84.0 cm³/mol. The van der Waals surface area contributed by atoms with Gasteiger partial charge in [0.05, 0.1) is 32.1 Å². The fraction of sp³-hybridized carbons (Fsp3) is 0.333. The molecule has 28 heavy (non-hydrogen) atoms. The summed E-state index contributed by atoms with van der Waals surface area (Å²) in [5.41, 5.74) is -7.49. The zero-order chi connectivity index (χ0) is 21.3. The third-order valence-corrected chi connectivity index (χ3v) is 5.16. The largest absolute Gasteiger partial charge is 0.501 e. The second-order valence-electron chi connectivity index (χ2n) is 5.28. The number of benzene rings is 1. The number of alkyl halides is 3. The summed E-state index contributed by atoms with van der Waals surface area (Å²) in [6.07, 6.45) is 0. The summed E-state index contributed by atoms with van der Waals surface area (Å²) in [5, 5.41) is 0. The van der Waals surface area contributed by atoms with Crippen LogP contribution in [0.2, 0.25) is 0 Å². The Bertz CT molecular complexity index is 940. The Morgan fingerprint density at radius 3 is 2.29 bits per heavy atom. The van der Waals surface area contributed by atoms with Gasteiger partial charge in [-0.25, -0.2) is 22.4 Å². The van der Waals surface area contributed by atoms with Gasteiger partial charge in [-0.2, -0.15) is 13.2 Å². The Balaban J connectivity index is 2.79. The molecule has 1 heterocycles. The molecule has 0 aliphatic carbocycles. The maximum Gasteiger partial charge on any atom is 0.501 e. The number of sulfone groups is 1. The third kappa shape index (κ3) is 3.80. The van der Waals surface area contributed by atoms with Crippen LogP contribution in [0, 0.1) is 5.82 Å². The number of carbonyl (C=O) groups excluding carboxylic acids is 2. The van der Waals surface area contributed by atoms with Crippen molar-refractivity contribution >= 4 is 27.5 Å². The van der Waals surface area contributed by atoms with E-state index < -0.39 is 68.3 Å². The lowest BCUT2D eigenvalue weighted by molar-refractivity contribution is -0.140. The van der Waals surface area contributed by atoms with Gasteiger partial charge in [0.15, 0.2) is 0 Å². The lowest BCUT2D eigenvalue weighted by Gasteiger charge is -2.32. The molecule has 0 bridgehead atoms. The molecule has 0 amide bonds. The van der Waals surface area contributed by atoms with Crippen LogP contribution < -0.4 is 4.90 Å². The van der Waals surface area contributed by atoms with Crippen LogP contribution in [-0.4, -0.2) is 53.4 Å². The van der Waals surface area contributed by atoms with Crippen LogP contribution in [0.5, 0.6) is 0 Å². The highest BCUT2D eigenvalue weighted by atomic mass is 32.2. The number of carbonyl (C=O) groups is 2. The maximum absolute atomic E-state index is 13.6. The highest BCUT2D eigenvalue weighted by Crippen LogP contribution is 2.38. The van der Waals surface area contributed by atoms with Crippen LogP contribution in [-0.2, 0) is 33.6 Å². The lowest BCUT2D eigenvalue weighted by atomic mass is 10.1. The van der Waals surface area contributed by atoms with Gasteiger partial charge >= 0.3 is 17.4 Å². The minimum Gasteiger partial charge on any atom is -0.466 e. The smallest absolute Gasteiger partial charge is 0.466 e. The van der Waals surface area contributed by atoms with E-state index in [1.807, 2.05) is 0 Å². The van der Waals surface area contributed by atoms with Crippen molar-refractivity contribution in [1.29, 1.82) is 0 Å². The molecule has 1 aliphatic rings. The van der Waals surface area contributed by atoms with Gasteiger partial charge < -0.3 is 19.1 Å². The average molecular weight is 427 g/mol. The van der Waals surface area contributed by atoms with E-state index in [9.17, 15) is 35.6 Å². The molecular formula is C15H13F4NO7S. The van der Waals surface area contributed by atoms with Crippen molar-refractivity contribution < 1.29 is 49.8 Å². The highest BCUT2D eigenvalue weighted by Gasteiger charge is 2.49. The maximum atomic E-state index is 13.6. The molecular weight excluding hydrogens is 414 g/mol. The zero-order valence-corrected chi connectivity index (χ0v) is 15.2. The Morgan fingerprint density at radius 1 is 1.14 bits per heavy atom. The summed E-state index contributed by atoms with van der Waals surface area (Å²) in [7, 11) is -4.08. The van der Waals surface area contributed by atoms with Gasteiger partial charge in [0.1, 0.15) is 23.1 Å². The van der Waals surface area contributed by atoms with Gasteiger partial charge in [0, 0.05) is 0 Å². The molecule has 0 fully saturated rings. The monoisotopic (exact) mass is 427 g/mol. The van der Waals surface area contributed by atoms with E-state index in [4.69, 9.17) is 4.74 Å². The van der Waals surface area contributed by atoms with Crippen molar-refractivity contribution in [2.45, 2.75) is 10.4 Å². The van der Waals surface area contributed by atoms with Crippen molar-refractivity contribution in [3.05, 3.63) is 35.3 Å². The summed E-state index contributed by atoms with van der Waals surface area (Å²) in [4.78, 5) is 23.3. The number of ether oxygens (including phenoxy) is 3. The molecule has 0 unspecified atom stereocenters. The fourth-order valence-corrected chi connectivity index (χ4v) is 3.36. The molecule has 0 radical (unpaired) electrons. The third-order valence-electron chi connectivity index (χ3n) is 3.64. The van der Waals surface area contributed by atoms with Crippen LogP contribution in [0.3, 0.4) is 0 Å². The molecule has 0 saturated carbocycles. The molecule has 1 aromatic carbocycles. The minimum atomic E-state index is -6.01. The molecule has 154 valence electrons. The number of methoxy groups -OCH3 is 2. The van der Waals surface area contributed by atoms with Gasteiger partial charge in [-0.1, -0.05) is 0 Å². The normalized spacial score (nSPS) is 15.4. The summed E-state index contributed by atoms with van der Waals surface area (Å²) in [5.74, 6) is -3.47. The molecule has 0 N–H and O–H groups in total. The summed E-state index contributed by atoms with van der Waals surface area (Å²) in [6.45, 7) is -1.06. The number of esters is 2. The SMILES string of the molecule is COC(=O)C1=C(C(=O)OC)N(c2ccc(F)cc2S(=O)(=O)C(F)(F)F)COC1. The number of hydrogen-bond acceptors (Lipinski definition) is 8. The van der Waals surface area contributed by atoms with E-state index in [1.165, 1.54) is 0 Å². The molecule has 0 spiro atoms. The number of nitrogens with zero attached hydrogens (tertiary/aromatic N) is 1. The Morgan fingerprint density at radius 2 is 1.75 bits per heavy atom. The van der Waals surface area contributed by atoms with Gasteiger partial charge in [0.2, 0.25) is 0 Å². The number of rotatable bonds is 4. The average Bonchev–Trinajstić information content (AvgIpc) is 2.65. The second-order valence-corrected chi connectivity index (χ2v) is 7.19. The van der Waals surface area contributed by atoms with E-state index in [2.05, 4.69) is 9.47 Å². The van der Waals surface area contributed by atoms with E-state index in [-0.39, 0.29) is 6.07 Å². The fourth-order valence-electron chi connectivity index (χ4n) is 2.38. The Labute approximate surface area is 156 Å². The molecule has 0 aromatic heterocycles. The molecule has 13 heteroatoms. The van der Waals surface area contributed by atoms with Crippen molar-refractivity contribution in [2.24, 2.45) is 0 Å². The molecule has 0 atom stereocenters. The van der Waals surface area contributed by atoms with E-state index in [0.717, 1.165) is 14.2 Å². The van der Waals surface area contributed by atoms with Crippen LogP contribution in [0.25, 0.3) is 0 Å². The minimum absolute atomic E-state index is 0.152. The van der Waals surface area contributed by atoms with Crippen LogP contribution in [0.1, 0.15) is 0 Å². The molecule has 1 aromatic rings. The van der Waals surface area contributed by atoms with Crippen LogP contribution in [0.15, 0.2) is 34.4 Å².